The molecule has 1 aromatic heterocycles. The highest BCUT2D eigenvalue weighted by Gasteiger charge is 2.06. The first-order valence-corrected chi connectivity index (χ1v) is 5.41. The zero-order valence-electron chi connectivity index (χ0n) is 9.78. The van der Waals surface area contributed by atoms with Crippen LogP contribution in [-0.4, -0.2) is 12.0 Å². The predicted octanol–water partition coefficient (Wildman–Crippen LogP) is 2.87. The monoisotopic (exact) mass is 250 g/mol. The summed E-state index contributed by atoms with van der Waals surface area (Å²) in [5.41, 5.74) is 0.775. The standard InChI is InChI=1S/C13H12F2N2O/c1-16-8-10-7-11(4-5-17-10)18-13-3-2-9(14)6-12(13)15/h2-7,16H,8H2,1H3. The third-order valence-electron chi connectivity index (χ3n) is 2.27. The molecule has 18 heavy (non-hydrogen) atoms. The highest BCUT2D eigenvalue weighted by Crippen LogP contribution is 2.24. The fourth-order valence-electron chi connectivity index (χ4n) is 1.48. The lowest BCUT2D eigenvalue weighted by molar-refractivity contribution is 0.436. The number of hydrogen-bond donors (Lipinski definition) is 1. The van der Waals surface area contributed by atoms with Crippen molar-refractivity contribution < 1.29 is 13.5 Å². The first-order valence-electron chi connectivity index (χ1n) is 5.41. The van der Waals surface area contributed by atoms with Crippen LogP contribution in [0.1, 0.15) is 5.69 Å². The highest BCUT2D eigenvalue weighted by atomic mass is 19.1. The number of rotatable bonds is 4. The van der Waals surface area contributed by atoms with Crippen molar-refractivity contribution in [2.24, 2.45) is 0 Å². The quantitative estimate of drug-likeness (QED) is 0.906. The predicted molar refractivity (Wildman–Crippen MR) is 63.4 cm³/mol. The summed E-state index contributed by atoms with van der Waals surface area (Å²) in [7, 11) is 1.80. The minimum atomic E-state index is -0.734. The van der Waals surface area contributed by atoms with Crippen molar-refractivity contribution in [2.75, 3.05) is 7.05 Å². The smallest absolute Gasteiger partial charge is 0.168 e. The second kappa shape index (κ2) is 5.55. The molecule has 0 aliphatic carbocycles. The van der Waals surface area contributed by atoms with E-state index in [4.69, 9.17) is 4.74 Å². The largest absolute Gasteiger partial charge is 0.454 e. The fraction of sp³-hybridized carbons (Fsp3) is 0.154. The average Bonchev–Trinajstić information content (AvgIpc) is 2.34. The lowest BCUT2D eigenvalue weighted by atomic mass is 10.3. The van der Waals surface area contributed by atoms with Gasteiger partial charge in [-0.3, -0.25) is 4.98 Å². The summed E-state index contributed by atoms with van der Waals surface area (Å²) in [4.78, 5) is 4.11. The van der Waals surface area contributed by atoms with Crippen LogP contribution in [0.2, 0.25) is 0 Å². The Morgan fingerprint density at radius 1 is 1.22 bits per heavy atom. The summed E-state index contributed by atoms with van der Waals surface area (Å²) in [5, 5.41) is 2.95. The first kappa shape index (κ1) is 12.4. The van der Waals surface area contributed by atoms with Crippen molar-refractivity contribution in [3.05, 3.63) is 53.9 Å². The molecule has 94 valence electrons. The molecule has 2 aromatic rings. The van der Waals surface area contributed by atoms with Gasteiger partial charge in [0.15, 0.2) is 11.6 Å². The van der Waals surface area contributed by atoms with Gasteiger partial charge in [0.05, 0.1) is 5.69 Å². The summed E-state index contributed by atoms with van der Waals surface area (Å²) in [6, 6.07) is 6.49. The maximum absolute atomic E-state index is 13.4. The van der Waals surface area contributed by atoms with Gasteiger partial charge in [-0.25, -0.2) is 8.78 Å². The lowest BCUT2D eigenvalue weighted by Gasteiger charge is -2.07. The summed E-state index contributed by atoms with van der Waals surface area (Å²) >= 11 is 0. The number of hydrogen-bond acceptors (Lipinski definition) is 3. The van der Waals surface area contributed by atoms with Gasteiger partial charge in [0, 0.05) is 24.9 Å². The molecule has 0 unspecified atom stereocenters. The number of nitrogens with zero attached hydrogens (tertiary/aromatic N) is 1. The molecule has 1 aromatic carbocycles. The van der Waals surface area contributed by atoms with Crippen LogP contribution in [0.3, 0.4) is 0 Å². The molecule has 0 spiro atoms. The Balaban J connectivity index is 2.20. The first-order chi connectivity index (χ1) is 8.69. The third kappa shape index (κ3) is 3.01. The molecule has 0 aliphatic heterocycles. The van der Waals surface area contributed by atoms with Crippen molar-refractivity contribution in [2.45, 2.75) is 6.54 Å². The second-order valence-electron chi connectivity index (χ2n) is 3.69. The molecule has 3 nitrogen and oxygen atoms in total. The van der Waals surface area contributed by atoms with Crippen molar-refractivity contribution in [1.29, 1.82) is 0 Å². The van der Waals surface area contributed by atoms with Crippen LogP contribution in [0.4, 0.5) is 8.78 Å². The molecule has 1 heterocycles. The number of halogens is 2. The molecule has 5 heteroatoms. The van der Waals surface area contributed by atoms with E-state index in [0.29, 0.717) is 12.3 Å². The van der Waals surface area contributed by atoms with Crippen LogP contribution in [0.15, 0.2) is 36.5 Å². The molecule has 0 aliphatic rings. The van der Waals surface area contributed by atoms with Crippen LogP contribution in [0.25, 0.3) is 0 Å². The Morgan fingerprint density at radius 2 is 2.06 bits per heavy atom. The summed E-state index contributed by atoms with van der Waals surface area (Å²) in [6.45, 7) is 0.586. The number of ether oxygens (including phenoxy) is 1. The van der Waals surface area contributed by atoms with Crippen LogP contribution < -0.4 is 10.1 Å². The molecular formula is C13H12F2N2O. The third-order valence-corrected chi connectivity index (χ3v) is 2.27. The topological polar surface area (TPSA) is 34.1 Å². The van der Waals surface area contributed by atoms with Gasteiger partial charge >= 0.3 is 0 Å². The minimum absolute atomic E-state index is 0.0157. The van der Waals surface area contributed by atoms with Crippen molar-refractivity contribution in [3.8, 4) is 11.5 Å². The average molecular weight is 250 g/mol. The van der Waals surface area contributed by atoms with E-state index in [1.165, 1.54) is 6.07 Å². The maximum Gasteiger partial charge on any atom is 0.168 e. The van der Waals surface area contributed by atoms with E-state index in [0.717, 1.165) is 17.8 Å². The van der Waals surface area contributed by atoms with E-state index in [2.05, 4.69) is 10.3 Å². The van der Waals surface area contributed by atoms with E-state index in [9.17, 15) is 8.78 Å². The summed E-state index contributed by atoms with van der Waals surface area (Å²) in [5.74, 6) is -0.925. The van der Waals surface area contributed by atoms with Crippen molar-refractivity contribution in [1.82, 2.24) is 10.3 Å². The van der Waals surface area contributed by atoms with E-state index < -0.39 is 11.6 Å². The van der Waals surface area contributed by atoms with Gasteiger partial charge in [-0.15, -0.1) is 0 Å². The van der Waals surface area contributed by atoms with Gasteiger partial charge in [0.1, 0.15) is 11.6 Å². The van der Waals surface area contributed by atoms with E-state index in [1.54, 1.807) is 25.4 Å². The van der Waals surface area contributed by atoms with Gasteiger partial charge in [-0.05, 0) is 25.2 Å². The molecular weight excluding hydrogens is 238 g/mol. The van der Waals surface area contributed by atoms with E-state index in [1.807, 2.05) is 0 Å². The lowest BCUT2D eigenvalue weighted by Crippen LogP contribution is -2.06. The normalized spacial score (nSPS) is 10.4. The molecule has 0 amide bonds. The molecule has 0 saturated carbocycles. The Hall–Kier alpha value is -2.01. The zero-order chi connectivity index (χ0) is 13.0. The van der Waals surface area contributed by atoms with Crippen molar-refractivity contribution in [3.63, 3.8) is 0 Å². The van der Waals surface area contributed by atoms with Crippen LogP contribution in [0.5, 0.6) is 11.5 Å². The molecule has 1 N–H and O–H groups in total. The minimum Gasteiger partial charge on any atom is -0.454 e. The molecule has 0 atom stereocenters. The number of aromatic nitrogens is 1. The Kier molecular flexibility index (Phi) is 3.84. The number of nitrogens with one attached hydrogen (secondary N) is 1. The van der Waals surface area contributed by atoms with Gasteiger partial charge in [-0.2, -0.15) is 0 Å². The van der Waals surface area contributed by atoms with Gasteiger partial charge in [0.2, 0.25) is 0 Å². The molecule has 0 bridgehead atoms. The summed E-state index contributed by atoms with van der Waals surface area (Å²) in [6.07, 6.45) is 1.57. The Morgan fingerprint density at radius 3 is 2.78 bits per heavy atom. The van der Waals surface area contributed by atoms with E-state index >= 15 is 0 Å². The number of pyridine rings is 1. The van der Waals surface area contributed by atoms with Gasteiger partial charge < -0.3 is 10.1 Å². The molecule has 2 rings (SSSR count). The van der Waals surface area contributed by atoms with Crippen LogP contribution in [-0.2, 0) is 6.54 Å². The fourth-order valence-corrected chi connectivity index (χ4v) is 1.48. The van der Waals surface area contributed by atoms with Gasteiger partial charge in [-0.1, -0.05) is 0 Å². The second-order valence-corrected chi connectivity index (χ2v) is 3.69. The molecule has 0 radical (unpaired) electrons. The van der Waals surface area contributed by atoms with Crippen LogP contribution >= 0.6 is 0 Å². The highest BCUT2D eigenvalue weighted by molar-refractivity contribution is 5.32. The van der Waals surface area contributed by atoms with E-state index in [-0.39, 0.29) is 5.75 Å². The molecule has 0 saturated heterocycles. The van der Waals surface area contributed by atoms with Crippen LogP contribution in [0, 0.1) is 11.6 Å². The Bertz CT molecular complexity index is 546. The Labute approximate surface area is 103 Å². The maximum atomic E-state index is 13.4. The summed E-state index contributed by atoms with van der Waals surface area (Å²) < 4.78 is 31.5. The number of benzene rings is 1. The SMILES string of the molecule is CNCc1cc(Oc2ccc(F)cc2F)ccn1. The van der Waals surface area contributed by atoms with Gasteiger partial charge in [0.25, 0.3) is 0 Å². The molecule has 0 fully saturated rings. The zero-order valence-corrected chi connectivity index (χ0v) is 9.78. The van der Waals surface area contributed by atoms with Crippen molar-refractivity contribution >= 4 is 0 Å².